The molecule has 60 valence electrons. The first kappa shape index (κ1) is 9.70. The molecule has 0 aliphatic rings. The zero-order chi connectivity index (χ0) is 9.40. The molecule has 0 fully saturated rings. The zero-order valence-electron chi connectivity index (χ0n) is 5.65. The van der Waals surface area contributed by atoms with Crippen LogP contribution in [0, 0.1) is 0 Å². The third kappa shape index (κ3) is 4.57. The zero-order valence-corrected chi connectivity index (χ0v) is 5.65. The maximum Gasteiger partial charge on any atom is 0.242 e. The van der Waals surface area contributed by atoms with Gasteiger partial charge in [-0.05, 0) is 33.4 Å². The van der Waals surface area contributed by atoms with Crippen LogP contribution in [0.5, 0.6) is 0 Å². The highest BCUT2D eigenvalue weighted by Gasteiger charge is 1.92. The monoisotopic (exact) mass is 166 g/mol. The second-order valence-electron chi connectivity index (χ2n) is 1.39. The highest BCUT2D eigenvalue weighted by atomic mass is 16.2. The third-order valence-electron chi connectivity index (χ3n) is 0.655. The lowest BCUT2D eigenvalue weighted by atomic mass is 10.5. The first-order chi connectivity index (χ1) is 5.70. The Balaban J connectivity index is 4.25. The molecule has 0 aliphatic heterocycles. The number of amides is 2. The van der Waals surface area contributed by atoms with Gasteiger partial charge >= 0.3 is 0 Å². The van der Waals surface area contributed by atoms with Gasteiger partial charge in [0.1, 0.15) is 0 Å². The summed E-state index contributed by atoms with van der Waals surface area (Å²) in [6.45, 7) is 0. The number of carbonyl (C=O) groups excluding carboxylic acids is 2. The minimum absolute atomic E-state index is 0.705. The predicted molar refractivity (Wildman–Crippen MR) is 37.4 cm³/mol. The van der Waals surface area contributed by atoms with Gasteiger partial charge in [-0.15, -0.1) is 0 Å². The molecule has 0 saturated carbocycles. The van der Waals surface area contributed by atoms with Crippen LogP contribution in [0.4, 0.5) is 0 Å². The Morgan fingerprint density at radius 2 is 1.33 bits per heavy atom. The summed E-state index contributed by atoms with van der Waals surface area (Å²) in [7, 11) is 0. The summed E-state index contributed by atoms with van der Waals surface area (Å²) in [5, 5.41) is 5.25. The quantitative estimate of drug-likeness (QED) is 0.264. The van der Waals surface area contributed by atoms with Crippen molar-refractivity contribution in [2.24, 2.45) is 10.2 Å². The fourth-order valence-electron chi connectivity index (χ4n) is 0.297. The van der Waals surface area contributed by atoms with Crippen molar-refractivity contribution >= 4 is 11.8 Å². The van der Waals surface area contributed by atoms with Crippen LogP contribution in [0.3, 0.4) is 0 Å². The molecule has 2 amide bonds. The van der Waals surface area contributed by atoms with Gasteiger partial charge < -0.3 is 0 Å². The SMILES string of the molecule is [N-]=[N+]=NC(=O)C=CC(=O)N=[N+]=[N-]. The smallest absolute Gasteiger partial charge is 0.242 e. The Kier molecular flexibility index (Phi) is 4.43. The Morgan fingerprint density at radius 3 is 1.58 bits per heavy atom. The molecule has 12 heavy (non-hydrogen) atoms. The van der Waals surface area contributed by atoms with Gasteiger partial charge in [-0.25, -0.2) is 0 Å². The lowest BCUT2D eigenvalue weighted by Crippen LogP contribution is -1.88. The van der Waals surface area contributed by atoms with Crippen LogP contribution < -0.4 is 0 Å². The molecule has 0 unspecified atom stereocenters. The van der Waals surface area contributed by atoms with Crippen molar-refractivity contribution in [3.05, 3.63) is 33.0 Å². The minimum atomic E-state index is -0.931. The molecule has 0 N–H and O–H groups in total. The van der Waals surface area contributed by atoms with Gasteiger partial charge in [0.2, 0.25) is 11.8 Å². The Bertz CT molecular complexity index is 286. The molecule has 0 rings (SSSR count). The Labute approximate surface area is 65.7 Å². The Hall–Kier alpha value is -2.30. The summed E-state index contributed by atoms with van der Waals surface area (Å²) in [6, 6.07) is 0. The van der Waals surface area contributed by atoms with Crippen LogP contribution in [0.25, 0.3) is 20.9 Å². The number of hydrogen-bond donors (Lipinski definition) is 0. The van der Waals surface area contributed by atoms with Crippen LogP contribution >= 0.6 is 0 Å². The lowest BCUT2D eigenvalue weighted by Gasteiger charge is -1.76. The van der Waals surface area contributed by atoms with Gasteiger partial charge in [0, 0.05) is 9.82 Å². The van der Waals surface area contributed by atoms with Crippen molar-refractivity contribution in [2.75, 3.05) is 0 Å². The minimum Gasteiger partial charge on any atom is -0.288 e. The van der Waals surface area contributed by atoms with E-state index >= 15 is 0 Å². The van der Waals surface area contributed by atoms with Crippen molar-refractivity contribution in [3.8, 4) is 0 Å². The van der Waals surface area contributed by atoms with E-state index in [1.807, 2.05) is 0 Å². The van der Waals surface area contributed by atoms with Crippen molar-refractivity contribution in [1.29, 1.82) is 0 Å². The fraction of sp³-hybridized carbons (Fsp3) is 0. The number of nitrogens with zero attached hydrogens (tertiary/aromatic N) is 6. The molecule has 0 bridgehead atoms. The lowest BCUT2D eigenvalue weighted by molar-refractivity contribution is -0.115. The van der Waals surface area contributed by atoms with E-state index in [-0.39, 0.29) is 0 Å². The number of carbonyl (C=O) groups is 2. The van der Waals surface area contributed by atoms with Crippen LogP contribution in [0.15, 0.2) is 22.4 Å². The molecule has 0 radical (unpaired) electrons. The summed E-state index contributed by atoms with van der Waals surface area (Å²) in [4.78, 5) is 25.1. The van der Waals surface area contributed by atoms with Crippen molar-refractivity contribution < 1.29 is 9.59 Å². The highest BCUT2D eigenvalue weighted by Crippen LogP contribution is 1.83. The third-order valence-corrected chi connectivity index (χ3v) is 0.655. The molecule has 0 aromatic heterocycles. The van der Waals surface area contributed by atoms with E-state index in [4.69, 9.17) is 11.1 Å². The van der Waals surface area contributed by atoms with E-state index in [9.17, 15) is 9.59 Å². The summed E-state index contributed by atoms with van der Waals surface area (Å²) < 4.78 is 0. The molecule has 0 heterocycles. The van der Waals surface area contributed by atoms with E-state index in [2.05, 4.69) is 20.1 Å². The van der Waals surface area contributed by atoms with E-state index < -0.39 is 11.8 Å². The second-order valence-corrected chi connectivity index (χ2v) is 1.39. The van der Waals surface area contributed by atoms with Crippen molar-refractivity contribution in [2.45, 2.75) is 0 Å². The van der Waals surface area contributed by atoms with Gasteiger partial charge in [-0.1, -0.05) is 0 Å². The molecule has 0 atom stereocenters. The molecule has 0 saturated heterocycles. The first-order valence-electron chi connectivity index (χ1n) is 2.57. The normalized spacial score (nSPS) is 8.33. The number of hydrogen-bond acceptors (Lipinski definition) is 2. The topological polar surface area (TPSA) is 132 Å². The summed E-state index contributed by atoms with van der Waals surface area (Å²) in [5.74, 6) is -1.86. The van der Waals surface area contributed by atoms with Gasteiger partial charge in [0.15, 0.2) is 0 Å². The number of rotatable bonds is 2. The molecule has 8 heteroatoms. The Morgan fingerprint density at radius 1 is 1.00 bits per heavy atom. The fourth-order valence-corrected chi connectivity index (χ4v) is 0.297. The maximum absolute atomic E-state index is 10.4. The van der Waals surface area contributed by atoms with E-state index in [1.165, 1.54) is 0 Å². The summed E-state index contributed by atoms with van der Waals surface area (Å²) in [6.07, 6.45) is 1.41. The predicted octanol–water partition coefficient (Wildman–Crippen LogP) is 1.22. The van der Waals surface area contributed by atoms with E-state index in [0.717, 1.165) is 0 Å². The maximum atomic E-state index is 10.4. The average molecular weight is 166 g/mol. The number of azide groups is 2. The molecule has 0 aromatic rings. The van der Waals surface area contributed by atoms with Crippen LogP contribution in [-0.2, 0) is 9.59 Å². The van der Waals surface area contributed by atoms with Crippen LogP contribution in [0.1, 0.15) is 0 Å². The van der Waals surface area contributed by atoms with Gasteiger partial charge in [-0.2, -0.15) is 0 Å². The highest BCUT2D eigenvalue weighted by molar-refractivity contribution is 5.97. The van der Waals surface area contributed by atoms with E-state index in [1.54, 1.807) is 0 Å². The van der Waals surface area contributed by atoms with Crippen molar-refractivity contribution in [3.63, 3.8) is 0 Å². The molecule has 0 aliphatic carbocycles. The summed E-state index contributed by atoms with van der Waals surface area (Å²) >= 11 is 0. The first-order valence-corrected chi connectivity index (χ1v) is 2.57. The standard InChI is InChI=1S/C4H2N6O2/c5-9-7-3(11)1-2-4(12)8-10-6/h1-2H. The molecule has 8 nitrogen and oxygen atoms in total. The van der Waals surface area contributed by atoms with Crippen LogP contribution in [0.2, 0.25) is 0 Å². The van der Waals surface area contributed by atoms with Gasteiger partial charge in [0.05, 0.1) is 0 Å². The average Bonchev–Trinajstić information content (AvgIpc) is 2.02. The second kappa shape index (κ2) is 5.48. The van der Waals surface area contributed by atoms with Gasteiger partial charge in [0.25, 0.3) is 0 Å². The van der Waals surface area contributed by atoms with Gasteiger partial charge in [-0.3, -0.25) is 9.59 Å². The molecular formula is C4H2N6O2. The molecule has 0 aromatic carbocycles. The largest absolute Gasteiger partial charge is 0.288 e. The van der Waals surface area contributed by atoms with Crippen LogP contribution in [-0.4, -0.2) is 11.8 Å². The van der Waals surface area contributed by atoms with Crippen molar-refractivity contribution in [1.82, 2.24) is 0 Å². The molecule has 0 spiro atoms. The van der Waals surface area contributed by atoms with E-state index in [0.29, 0.717) is 12.2 Å². The molecular weight excluding hydrogens is 164 g/mol. The summed E-state index contributed by atoms with van der Waals surface area (Å²) in [5.41, 5.74) is 15.5.